The molecule has 2 aliphatic rings. The Morgan fingerprint density at radius 1 is 1.20 bits per heavy atom. The second kappa shape index (κ2) is 4.44. The summed E-state index contributed by atoms with van der Waals surface area (Å²) in [5.74, 6) is 0. The number of benzene rings is 1. The van der Waals surface area contributed by atoms with Gasteiger partial charge in [-0.15, -0.1) is 0 Å². The number of nitrogens with zero attached hydrogens (tertiary/aromatic N) is 2. The quantitative estimate of drug-likeness (QED) is 0.848. The van der Waals surface area contributed by atoms with Gasteiger partial charge in [-0.1, -0.05) is 6.07 Å². The number of anilines is 2. The van der Waals surface area contributed by atoms with Gasteiger partial charge in [-0.05, 0) is 54.3 Å². The summed E-state index contributed by atoms with van der Waals surface area (Å²) in [6.45, 7) is 2.11. The molecule has 3 nitrogen and oxygen atoms in total. The molecule has 104 valence electrons. The van der Waals surface area contributed by atoms with Crippen LogP contribution < -0.4 is 15.5 Å². The van der Waals surface area contributed by atoms with Crippen molar-refractivity contribution in [3.63, 3.8) is 0 Å². The van der Waals surface area contributed by atoms with E-state index in [0.717, 1.165) is 12.1 Å². The largest absolute Gasteiger partial charge is 0.399 e. The zero-order chi connectivity index (χ0) is 14.4. The van der Waals surface area contributed by atoms with Crippen LogP contribution in [0.25, 0.3) is 6.08 Å². The van der Waals surface area contributed by atoms with Crippen molar-refractivity contribution in [2.24, 2.45) is 5.73 Å². The second-order valence-electron chi connectivity index (χ2n) is 5.81. The van der Waals surface area contributed by atoms with Gasteiger partial charge >= 0.3 is 0 Å². The van der Waals surface area contributed by atoms with Crippen LogP contribution in [0.5, 0.6) is 0 Å². The Morgan fingerprint density at radius 2 is 1.95 bits per heavy atom. The van der Waals surface area contributed by atoms with Crippen LogP contribution in [0.15, 0.2) is 46.8 Å². The van der Waals surface area contributed by atoms with Crippen molar-refractivity contribution in [1.82, 2.24) is 0 Å². The standard InChI is InChI=1S/C17H21N3/c1-11-7-13-8-12-5-6-14(19(2)3)9-16(12)20(4)17(13)10-15(11)18/h5-6,8-10H,7,18H2,1-4H3. The molecule has 3 rings (SSSR count). The predicted octanol–water partition coefficient (Wildman–Crippen LogP) is 3.11. The van der Waals surface area contributed by atoms with E-state index >= 15 is 0 Å². The number of allylic oxidation sites excluding steroid dienone is 3. The normalized spacial score (nSPS) is 17.3. The Morgan fingerprint density at radius 3 is 2.65 bits per heavy atom. The molecule has 0 spiro atoms. The van der Waals surface area contributed by atoms with E-state index in [2.05, 4.69) is 68.2 Å². The highest BCUT2D eigenvalue weighted by Gasteiger charge is 2.24. The van der Waals surface area contributed by atoms with Crippen LogP contribution in [0.4, 0.5) is 11.4 Å². The summed E-state index contributed by atoms with van der Waals surface area (Å²) < 4.78 is 0. The zero-order valence-corrected chi connectivity index (χ0v) is 12.6. The van der Waals surface area contributed by atoms with Gasteiger partial charge in [0.1, 0.15) is 0 Å². The summed E-state index contributed by atoms with van der Waals surface area (Å²) >= 11 is 0. The second-order valence-corrected chi connectivity index (χ2v) is 5.81. The molecule has 0 saturated carbocycles. The first-order valence-corrected chi connectivity index (χ1v) is 6.90. The summed E-state index contributed by atoms with van der Waals surface area (Å²) in [7, 11) is 6.25. The fraction of sp³-hybridized carbons (Fsp3) is 0.294. The number of rotatable bonds is 1. The van der Waals surface area contributed by atoms with Gasteiger partial charge in [0.15, 0.2) is 0 Å². The highest BCUT2D eigenvalue weighted by molar-refractivity contribution is 5.82. The third kappa shape index (κ3) is 1.90. The molecule has 3 heteroatoms. The molecule has 0 fully saturated rings. The van der Waals surface area contributed by atoms with Crippen molar-refractivity contribution in [2.75, 3.05) is 30.9 Å². The minimum absolute atomic E-state index is 0.899. The van der Waals surface area contributed by atoms with Gasteiger partial charge < -0.3 is 15.5 Å². The molecule has 0 unspecified atom stereocenters. The van der Waals surface area contributed by atoms with E-state index in [1.807, 2.05) is 0 Å². The third-order valence-corrected chi connectivity index (χ3v) is 4.15. The highest BCUT2D eigenvalue weighted by atomic mass is 15.1. The maximum absolute atomic E-state index is 6.09. The smallest absolute Gasteiger partial charge is 0.0502 e. The van der Waals surface area contributed by atoms with E-state index in [-0.39, 0.29) is 0 Å². The number of fused-ring (bicyclic) bond motifs is 2. The zero-order valence-electron chi connectivity index (χ0n) is 12.6. The molecule has 0 atom stereocenters. The SMILES string of the molecule is CC1=C(N)C=C2C(=Cc3ccc(N(C)C)cc3N2C)C1. The molecular formula is C17H21N3. The van der Waals surface area contributed by atoms with Gasteiger partial charge in [0.2, 0.25) is 0 Å². The minimum Gasteiger partial charge on any atom is -0.399 e. The monoisotopic (exact) mass is 267 g/mol. The van der Waals surface area contributed by atoms with Crippen LogP contribution in [-0.4, -0.2) is 21.1 Å². The van der Waals surface area contributed by atoms with Crippen LogP contribution in [0.1, 0.15) is 18.9 Å². The lowest BCUT2D eigenvalue weighted by Gasteiger charge is -2.34. The van der Waals surface area contributed by atoms with Gasteiger partial charge in [0, 0.05) is 38.2 Å². The summed E-state index contributed by atoms with van der Waals surface area (Å²) in [5.41, 5.74) is 14.5. The first kappa shape index (κ1) is 12.9. The van der Waals surface area contributed by atoms with E-state index in [1.165, 1.54) is 33.8 Å². The average molecular weight is 267 g/mol. The van der Waals surface area contributed by atoms with Crippen molar-refractivity contribution >= 4 is 17.5 Å². The molecule has 0 amide bonds. The molecule has 2 N–H and O–H groups in total. The van der Waals surface area contributed by atoms with Gasteiger partial charge in [0.25, 0.3) is 0 Å². The molecule has 0 bridgehead atoms. The first-order valence-electron chi connectivity index (χ1n) is 6.90. The maximum atomic E-state index is 6.09. The van der Waals surface area contributed by atoms with Crippen molar-refractivity contribution in [3.05, 3.63) is 52.4 Å². The lowest BCUT2D eigenvalue weighted by atomic mass is 9.90. The molecule has 1 aromatic carbocycles. The number of likely N-dealkylation sites (N-methyl/N-ethyl adjacent to an activating group) is 1. The van der Waals surface area contributed by atoms with E-state index in [9.17, 15) is 0 Å². The lowest BCUT2D eigenvalue weighted by molar-refractivity contribution is 0.975. The molecule has 0 saturated heterocycles. The molecule has 1 aliphatic heterocycles. The topological polar surface area (TPSA) is 32.5 Å². The third-order valence-electron chi connectivity index (χ3n) is 4.15. The Hall–Kier alpha value is -2.16. The Balaban J connectivity index is 2.13. The molecule has 1 aliphatic carbocycles. The van der Waals surface area contributed by atoms with Gasteiger partial charge in [-0.3, -0.25) is 0 Å². The van der Waals surface area contributed by atoms with Gasteiger partial charge in [0.05, 0.1) is 5.69 Å². The molecular weight excluding hydrogens is 246 g/mol. The number of hydrogen-bond acceptors (Lipinski definition) is 3. The van der Waals surface area contributed by atoms with E-state index < -0.39 is 0 Å². The molecule has 0 radical (unpaired) electrons. The van der Waals surface area contributed by atoms with E-state index in [1.54, 1.807) is 0 Å². The fourth-order valence-electron chi connectivity index (χ4n) is 2.82. The lowest BCUT2D eigenvalue weighted by Crippen LogP contribution is -2.25. The molecule has 1 heterocycles. The Kier molecular flexibility index (Phi) is 2.85. The number of hydrogen-bond donors (Lipinski definition) is 1. The van der Waals surface area contributed by atoms with Crippen LogP contribution in [0.2, 0.25) is 0 Å². The van der Waals surface area contributed by atoms with E-state index in [4.69, 9.17) is 5.73 Å². The maximum Gasteiger partial charge on any atom is 0.0502 e. The Labute approximate surface area is 120 Å². The first-order chi connectivity index (χ1) is 9.47. The predicted molar refractivity (Wildman–Crippen MR) is 86.7 cm³/mol. The van der Waals surface area contributed by atoms with Crippen molar-refractivity contribution in [3.8, 4) is 0 Å². The summed E-state index contributed by atoms with van der Waals surface area (Å²) in [6, 6.07) is 6.59. The van der Waals surface area contributed by atoms with Crippen LogP contribution in [0, 0.1) is 0 Å². The number of nitrogens with two attached hydrogens (primary N) is 1. The average Bonchev–Trinajstić information content (AvgIpc) is 2.41. The molecule has 1 aromatic rings. The van der Waals surface area contributed by atoms with Crippen molar-refractivity contribution in [1.29, 1.82) is 0 Å². The van der Waals surface area contributed by atoms with Gasteiger partial charge in [-0.25, -0.2) is 0 Å². The van der Waals surface area contributed by atoms with Crippen LogP contribution in [0.3, 0.4) is 0 Å². The van der Waals surface area contributed by atoms with Gasteiger partial charge in [-0.2, -0.15) is 0 Å². The van der Waals surface area contributed by atoms with Crippen molar-refractivity contribution in [2.45, 2.75) is 13.3 Å². The van der Waals surface area contributed by atoms with Crippen molar-refractivity contribution < 1.29 is 0 Å². The molecule has 20 heavy (non-hydrogen) atoms. The van der Waals surface area contributed by atoms with Crippen LogP contribution >= 0.6 is 0 Å². The summed E-state index contributed by atoms with van der Waals surface area (Å²) in [5, 5.41) is 0. The Bertz CT molecular complexity index is 663. The minimum atomic E-state index is 0.899. The van der Waals surface area contributed by atoms with E-state index in [0.29, 0.717) is 0 Å². The van der Waals surface area contributed by atoms with Crippen LogP contribution in [-0.2, 0) is 0 Å². The molecule has 0 aromatic heterocycles. The highest BCUT2D eigenvalue weighted by Crippen LogP contribution is 2.40. The fourth-order valence-corrected chi connectivity index (χ4v) is 2.82. The summed E-state index contributed by atoms with van der Waals surface area (Å²) in [6.07, 6.45) is 5.32. The summed E-state index contributed by atoms with van der Waals surface area (Å²) in [4.78, 5) is 4.37.